The van der Waals surface area contributed by atoms with Crippen molar-refractivity contribution in [2.24, 2.45) is 0 Å². The van der Waals surface area contributed by atoms with E-state index in [1.54, 1.807) is 24.3 Å². The molecule has 2 aromatic heterocycles. The van der Waals surface area contributed by atoms with Gasteiger partial charge in [0.05, 0.1) is 13.1 Å². The number of hydrogen-bond donors (Lipinski definition) is 1. The maximum absolute atomic E-state index is 13.1. The molecule has 0 saturated heterocycles. The molecule has 0 spiro atoms. The molecule has 4 aromatic rings. The second-order valence-corrected chi connectivity index (χ2v) is 6.44. The van der Waals surface area contributed by atoms with Crippen LogP contribution in [0.15, 0.2) is 59.1 Å². The normalized spacial score (nSPS) is 11.1. The van der Waals surface area contributed by atoms with Crippen LogP contribution >= 0.6 is 0 Å². The van der Waals surface area contributed by atoms with Gasteiger partial charge in [0.25, 0.3) is 11.8 Å². The van der Waals surface area contributed by atoms with Gasteiger partial charge in [0.2, 0.25) is 0 Å². The standard InChI is InChI=1S/C21H19FN4O2/c1-14-6-5-9-17-16(14)12-18(26(17)11-10-22)21-24-19(25-28-21)13-23-20(27)15-7-3-2-4-8-15/h2-9,12H,10-11,13H2,1H3,(H,23,27). The van der Waals surface area contributed by atoms with Crippen LogP contribution in [0.4, 0.5) is 4.39 Å². The van der Waals surface area contributed by atoms with Crippen LogP contribution in [0.25, 0.3) is 22.5 Å². The zero-order valence-electron chi connectivity index (χ0n) is 15.4. The number of rotatable bonds is 6. The van der Waals surface area contributed by atoms with Crippen molar-refractivity contribution in [1.82, 2.24) is 20.0 Å². The SMILES string of the molecule is Cc1cccc2c1cc(-c1nc(CNC(=O)c3ccccc3)no1)n2CCF. The summed E-state index contributed by atoms with van der Waals surface area (Å²) in [5.74, 6) is 0.440. The molecule has 0 atom stereocenters. The lowest BCUT2D eigenvalue weighted by Crippen LogP contribution is -2.23. The van der Waals surface area contributed by atoms with Crippen LogP contribution in [0.3, 0.4) is 0 Å². The lowest BCUT2D eigenvalue weighted by molar-refractivity contribution is 0.0949. The van der Waals surface area contributed by atoms with Crippen LogP contribution in [0.2, 0.25) is 0 Å². The number of nitrogens with zero attached hydrogens (tertiary/aromatic N) is 3. The third-order valence-corrected chi connectivity index (χ3v) is 4.60. The van der Waals surface area contributed by atoms with Crippen LogP contribution in [0, 0.1) is 6.92 Å². The van der Waals surface area contributed by atoms with E-state index in [1.165, 1.54) is 0 Å². The zero-order chi connectivity index (χ0) is 19.5. The number of amides is 1. The molecule has 28 heavy (non-hydrogen) atoms. The first-order valence-electron chi connectivity index (χ1n) is 8.98. The Balaban J connectivity index is 1.58. The van der Waals surface area contributed by atoms with Crippen molar-refractivity contribution in [2.45, 2.75) is 20.0 Å². The van der Waals surface area contributed by atoms with Gasteiger partial charge in [-0.1, -0.05) is 35.5 Å². The Bertz CT molecular complexity index is 1120. The molecular formula is C21H19FN4O2. The number of nitrogens with one attached hydrogen (secondary N) is 1. The number of fused-ring (bicyclic) bond motifs is 1. The molecule has 0 bridgehead atoms. The summed E-state index contributed by atoms with van der Waals surface area (Å²) >= 11 is 0. The van der Waals surface area contributed by atoms with E-state index in [0.29, 0.717) is 23.0 Å². The smallest absolute Gasteiger partial charge is 0.274 e. The van der Waals surface area contributed by atoms with E-state index in [1.807, 2.05) is 41.8 Å². The average molecular weight is 378 g/mol. The van der Waals surface area contributed by atoms with Crippen molar-refractivity contribution in [3.63, 3.8) is 0 Å². The van der Waals surface area contributed by atoms with Crippen molar-refractivity contribution < 1.29 is 13.7 Å². The summed E-state index contributed by atoms with van der Waals surface area (Å²) in [5, 5.41) is 7.73. The van der Waals surface area contributed by atoms with E-state index < -0.39 is 6.67 Å². The minimum atomic E-state index is -0.501. The van der Waals surface area contributed by atoms with E-state index >= 15 is 0 Å². The molecule has 142 valence electrons. The Morgan fingerprint density at radius 1 is 1.18 bits per heavy atom. The van der Waals surface area contributed by atoms with Crippen molar-refractivity contribution >= 4 is 16.8 Å². The van der Waals surface area contributed by atoms with Crippen molar-refractivity contribution in [1.29, 1.82) is 0 Å². The van der Waals surface area contributed by atoms with Gasteiger partial charge in [-0.25, -0.2) is 4.39 Å². The van der Waals surface area contributed by atoms with Crippen LogP contribution in [0.1, 0.15) is 21.7 Å². The highest BCUT2D eigenvalue weighted by molar-refractivity contribution is 5.94. The summed E-state index contributed by atoms with van der Waals surface area (Å²) in [5.41, 5.74) is 3.23. The average Bonchev–Trinajstić information content (AvgIpc) is 3.33. The summed E-state index contributed by atoms with van der Waals surface area (Å²) in [6, 6.07) is 16.7. The third kappa shape index (κ3) is 3.38. The van der Waals surface area contributed by atoms with Crippen molar-refractivity contribution in [3.05, 3.63) is 71.5 Å². The minimum Gasteiger partial charge on any atom is -0.345 e. The first-order valence-corrected chi connectivity index (χ1v) is 8.98. The molecule has 2 heterocycles. The maximum Gasteiger partial charge on any atom is 0.274 e. The summed E-state index contributed by atoms with van der Waals surface area (Å²) in [7, 11) is 0. The van der Waals surface area contributed by atoms with Crippen LogP contribution in [-0.2, 0) is 13.1 Å². The van der Waals surface area contributed by atoms with Crippen LogP contribution in [0.5, 0.6) is 0 Å². The lowest BCUT2D eigenvalue weighted by atomic mass is 10.1. The van der Waals surface area contributed by atoms with Crippen molar-refractivity contribution in [3.8, 4) is 11.6 Å². The van der Waals surface area contributed by atoms with Gasteiger partial charge < -0.3 is 14.4 Å². The number of carbonyl (C=O) groups is 1. The highest BCUT2D eigenvalue weighted by Crippen LogP contribution is 2.29. The Hall–Kier alpha value is -3.48. The van der Waals surface area contributed by atoms with E-state index in [9.17, 15) is 9.18 Å². The van der Waals surface area contributed by atoms with Crippen LogP contribution < -0.4 is 5.32 Å². The molecule has 0 saturated carbocycles. The predicted molar refractivity (Wildman–Crippen MR) is 104 cm³/mol. The second kappa shape index (κ2) is 7.64. The molecule has 0 unspecified atom stereocenters. The Kier molecular flexibility index (Phi) is 4.89. The molecular weight excluding hydrogens is 359 g/mol. The van der Waals surface area contributed by atoms with Crippen molar-refractivity contribution in [2.75, 3.05) is 6.67 Å². The Morgan fingerprint density at radius 3 is 2.79 bits per heavy atom. The van der Waals surface area contributed by atoms with Gasteiger partial charge in [0, 0.05) is 16.5 Å². The van der Waals surface area contributed by atoms with Gasteiger partial charge >= 0.3 is 0 Å². The molecule has 0 fully saturated rings. The summed E-state index contributed by atoms with van der Waals surface area (Å²) in [4.78, 5) is 16.5. The predicted octanol–water partition coefficient (Wildman–Crippen LogP) is 3.90. The fourth-order valence-electron chi connectivity index (χ4n) is 3.22. The summed E-state index contributed by atoms with van der Waals surface area (Å²) in [6.07, 6.45) is 0. The van der Waals surface area contributed by atoms with Gasteiger partial charge in [0.1, 0.15) is 12.4 Å². The van der Waals surface area contributed by atoms with Gasteiger partial charge in [-0.05, 0) is 36.8 Å². The quantitative estimate of drug-likeness (QED) is 0.552. The molecule has 2 aromatic carbocycles. The molecule has 1 amide bonds. The van der Waals surface area contributed by atoms with Gasteiger partial charge in [-0.2, -0.15) is 4.98 Å². The molecule has 0 aliphatic carbocycles. The number of alkyl halides is 1. The monoisotopic (exact) mass is 378 g/mol. The second-order valence-electron chi connectivity index (χ2n) is 6.44. The fraction of sp³-hybridized carbons (Fsp3) is 0.190. The van der Waals surface area contributed by atoms with E-state index in [-0.39, 0.29) is 19.0 Å². The van der Waals surface area contributed by atoms with E-state index in [2.05, 4.69) is 15.5 Å². The number of halogens is 1. The number of carbonyl (C=O) groups excluding carboxylic acids is 1. The fourth-order valence-corrected chi connectivity index (χ4v) is 3.22. The number of aryl methyl sites for hydroxylation is 2. The van der Waals surface area contributed by atoms with Gasteiger partial charge in [0.15, 0.2) is 5.82 Å². The Morgan fingerprint density at radius 2 is 2.00 bits per heavy atom. The summed E-state index contributed by atoms with van der Waals surface area (Å²) < 4.78 is 20.3. The molecule has 4 rings (SSSR count). The van der Waals surface area contributed by atoms with Gasteiger partial charge in [-0.3, -0.25) is 4.79 Å². The maximum atomic E-state index is 13.1. The first-order chi connectivity index (χ1) is 13.7. The molecule has 0 aliphatic rings. The van der Waals surface area contributed by atoms with Gasteiger partial charge in [-0.15, -0.1) is 0 Å². The molecule has 1 N–H and O–H groups in total. The number of hydrogen-bond acceptors (Lipinski definition) is 4. The lowest BCUT2D eigenvalue weighted by Gasteiger charge is -2.05. The molecule has 7 heteroatoms. The topological polar surface area (TPSA) is 73.0 Å². The number of benzene rings is 2. The minimum absolute atomic E-state index is 0.138. The van der Waals surface area contributed by atoms with Crippen LogP contribution in [-0.4, -0.2) is 27.3 Å². The third-order valence-electron chi connectivity index (χ3n) is 4.60. The highest BCUT2D eigenvalue weighted by atomic mass is 19.1. The largest absolute Gasteiger partial charge is 0.345 e. The zero-order valence-corrected chi connectivity index (χ0v) is 15.4. The molecule has 6 nitrogen and oxygen atoms in total. The number of aromatic nitrogens is 3. The highest BCUT2D eigenvalue weighted by Gasteiger charge is 2.18. The summed E-state index contributed by atoms with van der Waals surface area (Å²) in [6.45, 7) is 1.84. The first kappa shape index (κ1) is 17.9. The van der Waals surface area contributed by atoms with E-state index in [4.69, 9.17) is 4.52 Å². The molecule has 0 radical (unpaired) electrons. The van der Waals surface area contributed by atoms with E-state index in [0.717, 1.165) is 16.5 Å². The Labute approximate surface area is 161 Å². The molecule has 0 aliphatic heterocycles.